The number of furan rings is 1. The molecule has 1 aromatic carbocycles. The fourth-order valence-corrected chi connectivity index (χ4v) is 2.43. The van der Waals surface area contributed by atoms with E-state index in [9.17, 15) is 0 Å². The molecule has 0 aliphatic carbocycles. The Kier molecular flexibility index (Phi) is 2.62. The molecule has 0 saturated heterocycles. The number of imidazole rings is 1. The number of rotatable bonds is 2. The average molecular weight is 300 g/mol. The SMILES string of the molecule is COc1ccc2oc(-c3cnc4ccc(Cl)nn34)cc2c1. The summed E-state index contributed by atoms with van der Waals surface area (Å²) >= 11 is 5.95. The molecular weight excluding hydrogens is 290 g/mol. The summed E-state index contributed by atoms with van der Waals surface area (Å²) in [5, 5.41) is 5.61. The van der Waals surface area contributed by atoms with E-state index in [4.69, 9.17) is 20.8 Å². The van der Waals surface area contributed by atoms with Crippen LogP contribution in [-0.2, 0) is 0 Å². The molecule has 3 aromatic heterocycles. The van der Waals surface area contributed by atoms with Gasteiger partial charge in [-0.1, -0.05) is 11.6 Å². The highest BCUT2D eigenvalue weighted by atomic mass is 35.5. The number of methoxy groups -OCH3 is 1. The first-order valence-corrected chi connectivity index (χ1v) is 6.70. The van der Waals surface area contributed by atoms with E-state index < -0.39 is 0 Å². The zero-order valence-electron chi connectivity index (χ0n) is 11.1. The predicted octanol–water partition coefficient (Wildman–Crippen LogP) is 3.80. The second-order valence-electron chi connectivity index (χ2n) is 4.58. The smallest absolute Gasteiger partial charge is 0.155 e. The van der Waals surface area contributed by atoms with Gasteiger partial charge in [-0.05, 0) is 36.4 Å². The Labute approximate surface area is 124 Å². The van der Waals surface area contributed by atoms with E-state index in [1.807, 2.05) is 30.3 Å². The zero-order chi connectivity index (χ0) is 14.4. The van der Waals surface area contributed by atoms with Gasteiger partial charge in [-0.2, -0.15) is 5.10 Å². The van der Waals surface area contributed by atoms with Crippen LogP contribution in [0.15, 0.2) is 47.0 Å². The van der Waals surface area contributed by atoms with Crippen LogP contribution >= 0.6 is 11.6 Å². The van der Waals surface area contributed by atoms with Crippen molar-refractivity contribution in [3.63, 3.8) is 0 Å². The second kappa shape index (κ2) is 4.49. The Morgan fingerprint density at radius 1 is 1.19 bits per heavy atom. The number of hydrogen-bond donors (Lipinski definition) is 0. The summed E-state index contributed by atoms with van der Waals surface area (Å²) in [6, 6.07) is 11.1. The molecule has 3 heterocycles. The Balaban J connectivity index is 1.93. The van der Waals surface area contributed by atoms with Crippen LogP contribution in [0.25, 0.3) is 28.1 Å². The molecule has 0 amide bonds. The summed E-state index contributed by atoms with van der Waals surface area (Å²) in [5.74, 6) is 1.47. The number of ether oxygens (including phenoxy) is 1. The third-order valence-corrected chi connectivity index (χ3v) is 3.51. The van der Waals surface area contributed by atoms with Crippen LogP contribution < -0.4 is 4.74 Å². The van der Waals surface area contributed by atoms with Gasteiger partial charge in [0.15, 0.2) is 11.4 Å². The lowest BCUT2D eigenvalue weighted by Gasteiger charge is -1.97. The molecule has 0 spiro atoms. The van der Waals surface area contributed by atoms with Crippen LogP contribution in [0.2, 0.25) is 5.15 Å². The minimum atomic E-state index is 0.402. The fraction of sp³-hybridized carbons (Fsp3) is 0.0667. The molecule has 4 aromatic rings. The minimum absolute atomic E-state index is 0.402. The van der Waals surface area contributed by atoms with E-state index in [1.165, 1.54) is 0 Å². The maximum absolute atomic E-state index is 5.95. The van der Waals surface area contributed by atoms with Crippen molar-refractivity contribution < 1.29 is 9.15 Å². The minimum Gasteiger partial charge on any atom is -0.497 e. The molecule has 0 saturated carbocycles. The summed E-state index contributed by atoms with van der Waals surface area (Å²) in [4.78, 5) is 4.30. The average Bonchev–Trinajstić information content (AvgIpc) is 3.08. The molecule has 4 rings (SSSR count). The molecule has 0 fully saturated rings. The largest absolute Gasteiger partial charge is 0.497 e. The Morgan fingerprint density at radius 2 is 2.10 bits per heavy atom. The van der Waals surface area contributed by atoms with E-state index in [0.29, 0.717) is 16.6 Å². The number of aromatic nitrogens is 3. The third-order valence-electron chi connectivity index (χ3n) is 3.31. The summed E-state index contributed by atoms with van der Waals surface area (Å²) in [6.45, 7) is 0. The molecule has 0 N–H and O–H groups in total. The van der Waals surface area contributed by atoms with Gasteiger partial charge in [0.1, 0.15) is 22.2 Å². The van der Waals surface area contributed by atoms with Gasteiger partial charge in [-0.15, -0.1) is 0 Å². The van der Waals surface area contributed by atoms with Crippen molar-refractivity contribution in [3.8, 4) is 17.2 Å². The van der Waals surface area contributed by atoms with Crippen molar-refractivity contribution in [2.24, 2.45) is 0 Å². The molecule has 0 radical (unpaired) electrons. The van der Waals surface area contributed by atoms with Gasteiger partial charge in [0.05, 0.1) is 13.3 Å². The summed E-state index contributed by atoms with van der Waals surface area (Å²) in [7, 11) is 1.64. The Bertz CT molecular complexity index is 958. The molecule has 0 atom stereocenters. The molecule has 6 heteroatoms. The lowest BCUT2D eigenvalue weighted by Crippen LogP contribution is -1.93. The number of hydrogen-bond acceptors (Lipinski definition) is 4. The Morgan fingerprint density at radius 3 is 2.95 bits per heavy atom. The van der Waals surface area contributed by atoms with Crippen molar-refractivity contribution in [1.82, 2.24) is 14.6 Å². The van der Waals surface area contributed by atoms with Gasteiger partial charge in [0.2, 0.25) is 0 Å². The van der Waals surface area contributed by atoms with Gasteiger partial charge in [-0.3, -0.25) is 0 Å². The number of nitrogens with zero attached hydrogens (tertiary/aromatic N) is 3. The number of halogens is 1. The lowest BCUT2D eigenvalue weighted by molar-refractivity contribution is 0.415. The highest BCUT2D eigenvalue weighted by molar-refractivity contribution is 6.29. The van der Waals surface area contributed by atoms with E-state index in [2.05, 4.69) is 10.1 Å². The molecule has 0 aliphatic rings. The molecule has 5 nitrogen and oxygen atoms in total. The first-order valence-electron chi connectivity index (χ1n) is 6.33. The van der Waals surface area contributed by atoms with E-state index in [-0.39, 0.29) is 0 Å². The van der Waals surface area contributed by atoms with E-state index >= 15 is 0 Å². The van der Waals surface area contributed by atoms with Gasteiger partial charge in [-0.25, -0.2) is 9.50 Å². The van der Waals surface area contributed by atoms with Crippen LogP contribution in [-0.4, -0.2) is 21.7 Å². The summed E-state index contributed by atoms with van der Waals surface area (Å²) in [5.41, 5.74) is 2.25. The van der Waals surface area contributed by atoms with Crippen LogP contribution in [0.5, 0.6) is 5.75 Å². The highest BCUT2D eigenvalue weighted by Gasteiger charge is 2.13. The maximum atomic E-state index is 5.95. The topological polar surface area (TPSA) is 52.6 Å². The summed E-state index contributed by atoms with van der Waals surface area (Å²) in [6.07, 6.45) is 1.72. The molecule has 0 unspecified atom stereocenters. The van der Waals surface area contributed by atoms with Crippen molar-refractivity contribution >= 4 is 28.2 Å². The quantitative estimate of drug-likeness (QED) is 0.565. The molecule has 0 aliphatic heterocycles. The maximum Gasteiger partial charge on any atom is 0.155 e. The highest BCUT2D eigenvalue weighted by Crippen LogP contribution is 2.30. The van der Waals surface area contributed by atoms with Crippen LogP contribution in [0.1, 0.15) is 0 Å². The van der Waals surface area contributed by atoms with Crippen molar-refractivity contribution in [2.45, 2.75) is 0 Å². The normalized spacial score (nSPS) is 11.3. The van der Waals surface area contributed by atoms with Gasteiger partial charge < -0.3 is 9.15 Å². The van der Waals surface area contributed by atoms with Crippen LogP contribution in [0.4, 0.5) is 0 Å². The van der Waals surface area contributed by atoms with Crippen LogP contribution in [0, 0.1) is 0 Å². The number of benzene rings is 1. The second-order valence-corrected chi connectivity index (χ2v) is 4.97. The van der Waals surface area contributed by atoms with Crippen molar-refractivity contribution in [3.05, 3.63) is 47.7 Å². The van der Waals surface area contributed by atoms with Gasteiger partial charge in [0.25, 0.3) is 0 Å². The lowest BCUT2D eigenvalue weighted by atomic mass is 10.2. The first-order chi connectivity index (χ1) is 10.2. The van der Waals surface area contributed by atoms with Crippen molar-refractivity contribution in [1.29, 1.82) is 0 Å². The third kappa shape index (κ3) is 1.94. The molecule has 0 bridgehead atoms. The first kappa shape index (κ1) is 12.2. The standard InChI is InChI=1S/C15H10ClN3O2/c1-20-10-2-3-12-9(6-10)7-13(21-12)11-8-17-15-5-4-14(16)18-19(11)15/h2-8H,1H3. The predicted molar refractivity (Wildman–Crippen MR) is 79.8 cm³/mol. The number of fused-ring (bicyclic) bond motifs is 2. The van der Waals surface area contributed by atoms with Crippen molar-refractivity contribution in [2.75, 3.05) is 7.11 Å². The molecule has 21 heavy (non-hydrogen) atoms. The summed E-state index contributed by atoms with van der Waals surface area (Å²) < 4.78 is 12.7. The van der Waals surface area contributed by atoms with E-state index in [0.717, 1.165) is 22.4 Å². The van der Waals surface area contributed by atoms with Gasteiger partial charge in [0, 0.05) is 5.39 Å². The molecule has 104 valence electrons. The Hall–Kier alpha value is -2.53. The van der Waals surface area contributed by atoms with Gasteiger partial charge >= 0.3 is 0 Å². The monoisotopic (exact) mass is 299 g/mol. The van der Waals surface area contributed by atoms with Crippen LogP contribution in [0.3, 0.4) is 0 Å². The zero-order valence-corrected chi connectivity index (χ0v) is 11.8. The molecular formula is C15H10ClN3O2. The fourth-order valence-electron chi connectivity index (χ4n) is 2.29. The van der Waals surface area contributed by atoms with E-state index in [1.54, 1.807) is 23.9 Å².